The van der Waals surface area contributed by atoms with Crippen LogP contribution in [0, 0.1) is 6.92 Å². The first kappa shape index (κ1) is 96.9. The third kappa shape index (κ3) is 23.0. The van der Waals surface area contributed by atoms with Gasteiger partial charge in [-0.15, -0.1) is 97.3 Å². The molecule has 0 spiro atoms. The van der Waals surface area contributed by atoms with Crippen LogP contribution in [-0.4, -0.2) is 182 Å². The Morgan fingerprint density at radius 1 is 0.489 bits per heavy atom. The number of aromatic nitrogens is 10. The monoisotopic (exact) mass is 1980 g/mol. The first-order chi connectivity index (χ1) is 63.4. The van der Waals surface area contributed by atoms with Gasteiger partial charge in [-0.05, 0) is 148 Å². The van der Waals surface area contributed by atoms with Gasteiger partial charge in [0.25, 0.3) is 11.8 Å². The number of carbonyl (C=O) groups is 3. The molecular formula is C94H102N18O7S12. The highest BCUT2D eigenvalue weighted by Gasteiger charge is 2.29. The van der Waals surface area contributed by atoms with Gasteiger partial charge in [-0.3, -0.25) is 31.2 Å². The number of nitrogens with two attached hydrogens (primary N) is 4. The van der Waals surface area contributed by atoms with E-state index in [1.807, 2.05) is 143 Å². The lowest BCUT2D eigenvalue weighted by Crippen LogP contribution is -2.47. The van der Waals surface area contributed by atoms with Crippen LogP contribution in [0.15, 0.2) is 179 Å². The van der Waals surface area contributed by atoms with Crippen LogP contribution in [0.1, 0.15) is 129 Å². The fraction of sp³-hybridized carbons (Fsp3) is 0.298. The van der Waals surface area contributed by atoms with Gasteiger partial charge in [0.2, 0.25) is 0 Å². The summed E-state index contributed by atoms with van der Waals surface area (Å²) in [6.45, 7) is 18.5. The van der Waals surface area contributed by atoms with Gasteiger partial charge in [-0.1, -0.05) is 102 Å². The molecule has 14 heterocycles. The molecule has 2 amide bonds. The number of hydrogen-bond acceptors (Lipinski definition) is 30. The first-order valence-corrected chi connectivity index (χ1v) is 54.9. The fourth-order valence-electron chi connectivity index (χ4n) is 14.4. The van der Waals surface area contributed by atoms with Crippen molar-refractivity contribution in [2.24, 2.45) is 0 Å². The van der Waals surface area contributed by atoms with E-state index in [0.717, 1.165) is 218 Å². The number of amides is 2. The van der Waals surface area contributed by atoms with Crippen LogP contribution >= 0.6 is 90.7 Å². The Hall–Kier alpha value is -10.1. The number of piperazine rings is 1. The highest BCUT2D eigenvalue weighted by atomic mass is 32.2. The van der Waals surface area contributed by atoms with Crippen molar-refractivity contribution in [2.75, 3.05) is 106 Å². The summed E-state index contributed by atoms with van der Waals surface area (Å²) in [5.74, 6) is 3.16. The third-order valence-corrected chi connectivity index (χ3v) is 36.5. The highest BCUT2D eigenvalue weighted by Crippen LogP contribution is 2.49. The Morgan fingerprint density at radius 3 is 1.18 bits per heavy atom. The normalized spacial score (nSPS) is 13.2. The second kappa shape index (κ2) is 45.6. The van der Waals surface area contributed by atoms with Gasteiger partial charge in [0.05, 0.1) is 77.8 Å². The molecular weight excluding hydrogens is 1880 g/mol. The number of aryl methyl sites for hydroxylation is 1. The predicted octanol–water partition coefficient (Wildman–Crippen LogP) is 21.2. The number of nitrogens with zero attached hydrogens (tertiary/aromatic N) is 12. The van der Waals surface area contributed by atoms with E-state index < -0.39 is 43.2 Å². The lowest BCUT2D eigenvalue weighted by molar-refractivity contribution is 0.0663. The molecule has 13 aromatic heterocycles. The number of carbonyl (C=O) groups excluding carboxylic acids is 3. The van der Waals surface area contributed by atoms with E-state index in [-0.39, 0.29) is 17.6 Å². The Labute approximate surface area is 803 Å². The van der Waals surface area contributed by atoms with Crippen molar-refractivity contribution in [3.05, 3.63) is 185 Å². The molecule has 25 nitrogen and oxygen atoms in total. The molecule has 1 aliphatic heterocycles. The maximum absolute atomic E-state index is 13.3. The van der Waals surface area contributed by atoms with Crippen LogP contribution in [0.4, 0.5) is 22.7 Å². The lowest BCUT2D eigenvalue weighted by atomic mass is 9.97. The van der Waals surface area contributed by atoms with Crippen molar-refractivity contribution < 1.29 is 31.2 Å². The number of Topliss-reactive ketones (excluding diaryl/α,β-unsaturated/α-hetero) is 1. The van der Waals surface area contributed by atoms with Gasteiger partial charge in [-0.2, -0.15) is 0 Å². The van der Waals surface area contributed by atoms with Crippen molar-refractivity contribution in [2.45, 2.75) is 116 Å². The molecule has 37 heteroatoms. The summed E-state index contributed by atoms with van der Waals surface area (Å²) in [5, 5.41) is 17.1. The second-order valence-electron chi connectivity index (χ2n) is 31.1. The molecule has 0 bridgehead atoms. The van der Waals surface area contributed by atoms with Gasteiger partial charge in [0.15, 0.2) is 5.78 Å². The average molecular weight is 1980 g/mol. The molecule has 1 fully saturated rings. The maximum atomic E-state index is 13.3. The zero-order valence-electron chi connectivity index (χ0n) is 73.8. The summed E-state index contributed by atoms with van der Waals surface area (Å²) in [7, 11) is 1.36. The summed E-state index contributed by atoms with van der Waals surface area (Å²) < 4.78 is 54.4. The van der Waals surface area contributed by atoms with E-state index in [1.165, 1.54) is 90.7 Å². The number of nitrogen functional groups attached to an aromatic ring is 4. The predicted molar refractivity (Wildman–Crippen MR) is 552 cm³/mol. The molecule has 1 aliphatic rings. The van der Waals surface area contributed by atoms with Gasteiger partial charge < -0.3 is 47.9 Å². The zero-order chi connectivity index (χ0) is 92.5. The zero-order valence-corrected chi connectivity index (χ0v) is 83.6. The smallest absolute Gasteiger partial charge is 0.253 e. The van der Waals surface area contributed by atoms with E-state index in [9.17, 15) is 31.2 Å². The Kier molecular flexibility index (Phi) is 33.7. The van der Waals surface area contributed by atoms with Crippen LogP contribution in [0.3, 0.4) is 0 Å². The number of allylic oxidation sites excluding steroid dienone is 1. The Bertz CT molecular complexity index is 6810. The number of thiazole rings is 4. The SMILES string of the molecule is C=CCCC(=O)c1cccc(-c2cc(-c3nccs3)nc3sc(S(=O)CCCC)c(N)c23)c1.CCCCS(=O)c1sc2nc(-c3nccs3)cc(-c3cccc(C(=O)N4CCN(C)CC4)c3)c2c1N.CCCCS(=O)c1sc2nc(-c3nccs3)cc(-c3cccc(C(=O)NCCN(C)C)c3)c2c1N.CCCCS(=O)c1sc2nc(-c3nccs3)cc(-c3cnc(C)[nH]3)c2c1N. The molecule has 131 heavy (non-hydrogen) atoms. The number of imidazole rings is 1. The molecule has 16 aromatic rings. The number of ketones is 1. The van der Waals surface area contributed by atoms with E-state index in [4.69, 9.17) is 42.9 Å². The minimum absolute atomic E-state index is 0.0371. The number of nitrogens with one attached hydrogen (secondary N) is 2. The molecule has 0 radical (unpaired) electrons. The summed E-state index contributed by atoms with van der Waals surface area (Å²) in [4.78, 5) is 92.4. The maximum Gasteiger partial charge on any atom is 0.253 e. The number of anilines is 4. The number of unbranched alkanes of at least 4 members (excludes halogenated alkanes) is 4. The van der Waals surface area contributed by atoms with Crippen LogP contribution in [0.2, 0.25) is 0 Å². The number of benzene rings is 3. The van der Waals surface area contributed by atoms with Gasteiger partial charge in [-0.25, -0.2) is 44.9 Å². The summed E-state index contributed by atoms with van der Waals surface area (Å²) >= 11 is 11.7. The van der Waals surface area contributed by atoms with E-state index >= 15 is 0 Å². The molecule has 10 N–H and O–H groups in total. The molecule has 17 rings (SSSR count). The van der Waals surface area contributed by atoms with Crippen molar-refractivity contribution >= 4 is 215 Å². The summed E-state index contributed by atoms with van der Waals surface area (Å²) in [6.07, 6.45) is 19.1. The van der Waals surface area contributed by atoms with Crippen molar-refractivity contribution in [1.82, 2.24) is 69.9 Å². The number of pyridine rings is 4. The summed E-state index contributed by atoms with van der Waals surface area (Å²) in [5.41, 5.74) is 40.2. The number of thiophene rings is 4. The second-order valence-corrected chi connectivity index (χ2v) is 45.8. The van der Waals surface area contributed by atoms with Gasteiger partial charge >= 0.3 is 0 Å². The molecule has 3 aromatic carbocycles. The number of likely N-dealkylation sites (N-methyl/N-ethyl adjacent to an activating group) is 2. The largest absolute Gasteiger partial charge is 0.396 e. The number of fused-ring (bicyclic) bond motifs is 4. The summed E-state index contributed by atoms with van der Waals surface area (Å²) in [6, 6.07) is 30.7. The van der Waals surface area contributed by atoms with Crippen molar-refractivity contribution in [1.29, 1.82) is 0 Å². The minimum Gasteiger partial charge on any atom is -0.396 e. The Morgan fingerprint density at radius 2 is 0.840 bits per heavy atom. The van der Waals surface area contributed by atoms with Crippen LogP contribution in [0.25, 0.3) is 128 Å². The molecule has 0 aliphatic carbocycles. The van der Waals surface area contributed by atoms with Crippen LogP contribution < -0.4 is 28.3 Å². The van der Waals surface area contributed by atoms with Gasteiger partial charge in [0.1, 0.15) is 84.8 Å². The fourth-order valence-corrected chi connectivity index (χ4v) is 28.0. The topological polar surface area (TPSA) is 377 Å². The molecule has 1 saturated heterocycles. The van der Waals surface area contributed by atoms with E-state index in [2.05, 4.69) is 81.4 Å². The molecule has 682 valence electrons. The third-order valence-electron chi connectivity index (χ3n) is 21.4. The first-order valence-electron chi connectivity index (χ1n) is 42.9. The van der Waals surface area contributed by atoms with E-state index in [0.29, 0.717) is 98.7 Å². The Balaban J connectivity index is 0.000000141. The number of rotatable bonds is 33. The number of hydrogen-bond donors (Lipinski definition) is 6. The quantitative estimate of drug-likeness (QED) is 0.0164. The van der Waals surface area contributed by atoms with Crippen molar-refractivity contribution in [3.8, 4) is 87.4 Å². The molecule has 0 saturated carbocycles. The van der Waals surface area contributed by atoms with Crippen LogP contribution in [0.5, 0.6) is 0 Å². The minimum atomic E-state index is -1.18. The van der Waals surface area contributed by atoms with E-state index in [1.54, 1.807) is 43.1 Å². The van der Waals surface area contributed by atoms with Crippen molar-refractivity contribution in [3.63, 3.8) is 0 Å². The standard InChI is InChI=1S/C26H29N5O2S3.C25H29N5O2S3.C25H25N3O2S3.C18H19N5OS3/c1-3-4-14-36(33)26-22(27)21-19(16-20(29-24(21)35-26)23-28-8-13-34-23)17-6-5-7-18(15-17)25(32)31-11-9-30(2)10-12-31;1-4-5-13-35(32)25-21(26)20-18(15-19(29-24(20)34-25)23-28-10-12-33-23)16-7-6-8-17(14-16)22(31)27-9-11-30(2)3;1-3-5-10-20(29)17-9-7-8-16(14-17)18-15-19(23-27-11-12-31-23)28-24-21(18)22(26)25(32-24)33(30)13-6-4-2;1-3-4-7-27(24)18-15(19)14-11(13-9-21-10(2)22-13)8-12(23-17(14)26-18)16-20-5-6-25-16/h5-8,13,15-16H,3-4,9-12,14,27H2,1-2H3;6-8,10,12,14-15H,4-5,9,11,13,26H2,1-3H3,(H,27,31);3,7-9,11-12,14-15H,1,4-6,10,13,26H2,2H3;5-6,8-9H,3-4,7,19H2,1-2H3,(H,21,22). The molecule has 4 unspecified atom stereocenters. The average Bonchev–Trinajstić information content (AvgIpc) is 1.62. The molecule has 4 atom stereocenters. The number of aromatic amines is 1. The lowest BCUT2D eigenvalue weighted by Gasteiger charge is -2.32. The highest BCUT2D eigenvalue weighted by molar-refractivity contribution is 7.88. The van der Waals surface area contributed by atoms with Gasteiger partial charge in [0, 0.05) is 159 Å². The van der Waals surface area contributed by atoms with Crippen LogP contribution in [-0.2, 0) is 43.2 Å². The number of H-pyrrole nitrogens is 1.